The summed E-state index contributed by atoms with van der Waals surface area (Å²) in [4.78, 5) is 0. The van der Waals surface area contributed by atoms with Gasteiger partial charge in [-0.25, -0.2) is 0 Å². The lowest BCUT2D eigenvalue weighted by Crippen LogP contribution is -2.39. The van der Waals surface area contributed by atoms with Gasteiger partial charge in [-0.05, 0) is 43.7 Å². The van der Waals surface area contributed by atoms with E-state index in [1.54, 1.807) is 17.8 Å². The van der Waals surface area contributed by atoms with Crippen molar-refractivity contribution in [3.8, 4) is 5.75 Å². The van der Waals surface area contributed by atoms with Gasteiger partial charge in [0.05, 0.1) is 0 Å². The molecule has 1 unspecified atom stereocenters. The predicted octanol–water partition coefficient (Wildman–Crippen LogP) is 4.26. The number of nitrogens with one attached hydrogen (secondary N) is 1. The highest BCUT2D eigenvalue weighted by Gasteiger charge is 2.37. The van der Waals surface area contributed by atoms with Crippen LogP contribution in [0.15, 0.2) is 18.2 Å². The number of thioether (sulfide) groups is 1. The third-order valence-electron chi connectivity index (χ3n) is 3.37. The summed E-state index contributed by atoms with van der Waals surface area (Å²) < 4.78 is 40.9. The van der Waals surface area contributed by atoms with Gasteiger partial charge < -0.3 is 10.1 Å². The molecule has 1 aromatic carbocycles. The number of benzene rings is 1. The van der Waals surface area contributed by atoms with Crippen molar-refractivity contribution in [1.82, 2.24) is 5.32 Å². The van der Waals surface area contributed by atoms with Crippen molar-refractivity contribution in [3.63, 3.8) is 0 Å². The minimum atomic E-state index is -4.65. The van der Waals surface area contributed by atoms with E-state index in [1.165, 1.54) is 12.1 Å². The molecular weight excluding hydrogens is 287 g/mol. The zero-order chi connectivity index (χ0) is 15.0. The lowest BCUT2D eigenvalue weighted by Gasteiger charge is -2.40. The van der Waals surface area contributed by atoms with Gasteiger partial charge in [0.2, 0.25) is 0 Å². The van der Waals surface area contributed by atoms with E-state index in [9.17, 15) is 13.2 Å². The second-order valence-corrected chi connectivity index (χ2v) is 6.92. The molecule has 0 fully saturated rings. The van der Waals surface area contributed by atoms with Gasteiger partial charge in [-0.15, -0.1) is 24.9 Å². The number of hydrogen-bond acceptors (Lipinski definition) is 3. The van der Waals surface area contributed by atoms with Crippen LogP contribution in [0, 0.1) is 0 Å². The van der Waals surface area contributed by atoms with Crippen LogP contribution in [0.3, 0.4) is 0 Å². The van der Waals surface area contributed by atoms with Gasteiger partial charge >= 0.3 is 6.36 Å². The van der Waals surface area contributed by atoms with Crippen molar-refractivity contribution in [1.29, 1.82) is 0 Å². The van der Waals surface area contributed by atoms with Crippen LogP contribution in [0.25, 0.3) is 0 Å². The number of ether oxygens (including phenoxy) is 1. The smallest absolute Gasteiger partial charge is 0.406 e. The van der Waals surface area contributed by atoms with Crippen LogP contribution < -0.4 is 10.1 Å². The summed E-state index contributed by atoms with van der Waals surface area (Å²) in [5.74, 6) is 0.651. The molecule has 1 aliphatic heterocycles. The number of fused-ring (bicyclic) bond motifs is 1. The summed E-state index contributed by atoms with van der Waals surface area (Å²) in [6.07, 6.45) is -4.65. The van der Waals surface area contributed by atoms with Crippen molar-refractivity contribution in [2.45, 2.75) is 43.7 Å². The van der Waals surface area contributed by atoms with Crippen LogP contribution in [-0.2, 0) is 5.75 Å². The highest BCUT2D eigenvalue weighted by molar-refractivity contribution is 8.00. The first kappa shape index (κ1) is 15.5. The fourth-order valence-corrected chi connectivity index (χ4v) is 3.62. The third-order valence-corrected chi connectivity index (χ3v) is 4.80. The number of rotatable bonds is 3. The molecule has 0 spiro atoms. The maximum absolute atomic E-state index is 12.3. The van der Waals surface area contributed by atoms with Crippen molar-refractivity contribution in [2.24, 2.45) is 0 Å². The van der Waals surface area contributed by atoms with Gasteiger partial charge in [0.25, 0.3) is 0 Å². The van der Waals surface area contributed by atoms with Crippen molar-refractivity contribution >= 4 is 11.8 Å². The monoisotopic (exact) mass is 305 g/mol. The van der Waals surface area contributed by atoms with E-state index in [1.807, 2.05) is 6.92 Å². The molecule has 6 heteroatoms. The molecule has 20 heavy (non-hydrogen) atoms. The van der Waals surface area contributed by atoms with E-state index in [-0.39, 0.29) is 16.5 Å². The molecule has 2 nitrogen and oxygen atoms in total. The Bertz CT molecular complexity index is 488. The van der Waals surface area contributed by atoms with E-state index in [0.717, 1.165) is 23.4 Å². The second-order valence-electron chi connectivity index (χ2n) is 5.29. The fourth-order valence-electron chi connectivity index (χ4n) is 2.45. The van der Waals surface area contributed by atoms with Gasteiger partial charge in [-0.3, -0.25) is 0 Å². The van der Waals surface area contributed by atoms with Crippen molar-refractivity contribution < 1.29 is 17.9 Å². The fraction of sp³-hybridized carbons (Fsp3) is 0.571. The zero-order valence-electron chi connectivity index (χ0n) is 11.7. The van der Waals surface area contributed by atoms with Crippen LogP contribution in [0.5, 0.6) is 5.75 Å². The Morgan fingerprint density at radius 2 is 2.10 bits per heavy atom. The number of hydrogen-bond donors (Lipinski definition) is 1. The van der Waals surface area contributed by atoms with Crippen LogP contribution >= 0.6 is 11.8 Å². The molecule has 0 aliphatic carbocycles. The van der Waals surface area contributed by atoms with Gasteiger partial charge in [0, 0.05) is 16.5 Å². The molecule has 0 aromatic heterocycles. The molecule has 112 valence electrons. The van der Waals surface area contributed by atoms with Crippen LogP contribution in [0.1, 0.15) is 37.9 Å². The Morgan fingerprint density at radius 1 is 1.40 bits per heavy atom. The molecule has 1 atom stereocenters. The van der Waals surface area contributed by atoms with Crippen molar-refractivity contribution in [2.75, 3.05) is 6.54 Å². The summed E-state index contributed by atoms with van der Waals surface area (Å²) in [7, 11) is 0. The quantitative estimate of drug-likeness (QED) is 0.901. The van der Waals surface area contributed by atoms with Gasteiger partial charge in [0.1, 0.15) is 5.75 Å². The lowest BCUT2D eigenvalue weighted by molar-refractivity contribution is -0.274. The predicted molar refractivity (Wildman–Crippen MR) is 74.9 cm³/mol. The first-order chi connectivity index (χ1) is 9.23. The highest BCUT2D eigenvalue weighted by Crippen LogP contribution is 2.46. The summed E-state index contributed by atoms with van der Waals surface area (Å²) in [6.45, 7) is 6.96. The SMILES string of the molecule is CCNC1c2cc(OC(F)(F)F)ccc2CSC1(C)C. The Morgan fingerprint density at radius 3 is 2.70 bits per heavy atom. The van der Waals surface area contributed by atoms with Gasteiger partial charge in [-0.1, -0.05) is 13.0 Å². The van der Waals surface area contributed by atoms with E-state index in [0.29, 0.717) is 0 Å². The number of alkyl halides is 3. The standard InChI is InChI=1S/C14H18F3NOS/c1-4-18-12-11-7-10(19-14(15,16)17)6-5-9(11)8-20-13(12,2)3/h5-7,12,18H,4,8H2,1-3H3. The Kier molecular flexibility index (Phi) is 4.25. The maximum Gasteiger partial charge on any atom is 0.573 e. The summed E-state index contributed by atoms with van der Waals surface area (Å²) >= 11 is 1.80. The molecule has 0 saturated heterocycles. The normalized spacial score (nSPS) is 21.4. The molecule has 1 aromatic rings. The second kappa shape index (κ2) is 5.48. The third kappa shape index (κ3) is 3.41. The van der Waals surface area contributed by atoms with Crippen molar-refractivity contribution in [3.05, 3.63) is 29.3 Å². The Hall–Kier alpha value is -0.880. The lowest BCUT2D eigenvalue weighted by atomic mass is 9.91. The Labute approximate surface area is 121 Å². The minimum Gasteiger partial charge on any atom is -0.406 e. The van der Waals surface area contributed by atoms with Gasteiger partial charge in [0.15, 0.2) is 0 Å². The average Bonchev–Trinajstić information content (AvgIpc) is 2.31. The first-order valence-electron chi connectivity index (χ1n) is 6.49. The zero-order valence-corrected chi connectivity index (χ0v) is 12.5. The molecule has 1 heterocycles. The summed E-state index contributed by atoms with van der Waals surface area (Å²) in [6, 6.07) is 4.63. The molecule has 1 aliphatic rings. The van der Waals surface area contributed by atoms with Crippen LogP contribution in [0.4, 0.5) is 13.2 Å². The molecule has 0 saturated carbocycles. The van der Waals surface area contributed by atoms with Gasteiger partial charge in [-0.2, -0.15) is 0 Å². The Balaban J connectivity index is 2.37. The molecule has 1 N–H and O–H groups in total. The summed E-state index contributed by atoms with van der Waals surface area (Å²) in [5.41, 5.74) is 1.96. The van der Waals surface area contributed by atoms with Crippen LogP contribution in [0.2, 0.25) is 0 Å². The molecule has 2 rings (SSSR count). The molecular formula is C14H18F3NOS. The molecule has 0 bridgehead atoms. The average molecular weight is 305 g/mol. The van der Waals surface area contributed by atoms with E-state index in [4.69, 9.17) is 0 Å². The first-order valence-corrected chi connectivity index (χ1v) is 7.47. The van der Waals surface area contributed by atoms with Crippen LogP contribution in [-0.4, -0.2) is 17.7 Å². The van der Waals surface area contributed by atoms with E-state index in [2.05, 4.69) is 23.9 Å². The topological polar surface area (TPSA) is 21.3 Å². The van der Waals surface area contributed by atoms with E-state index < -0.39 is 6.36 Å². The molecule has 0 amide bonds. The largest absolute Gasteiger partial charge is 0.573 e. The molecule has 0 radical (unpaired) electrons. The highest BCUT2D eigenvalue weighted by atomic mass is 32.2. The van der Waals surface area contributed by atoms with E-state index >= 15 is 0 Å². The maximum atomic E-state index is 12.3. The number of halogens is 3. The summed E-state index contributed by atoms with van der Waals surface area (Å²) in [5, 5.41) is 3.36. The minimum absolute atomic E-state index is 0.0121.